The first-order valence-electron chi connectivity index (χ1n) is 7.84. The van der Waals surface area contributed by atoms with Crippen LogP contribution < -0.4 is 15.4 Å². The summed E-state index contributed by atoms with van der Waals surface area (Å²) in [5.41, 5.74) is 2.20. The van der Waals surface area contributed by atoms with E-state index in [1.165, 1.54) is 0 Å². The van der Waals surface area contributed by atoms with Crippen LogP contribution in [-0.4, -0.2) is 19.1 Å². The molecule has 0 fully saturated rings. The van der Waals surface area contributed by atoms with Crippen molar-refractivity contribution in [3.8, 4) is 11.8 Å². The maximum absolute atomic E-state index is 12.4. The van der Waals surface area contributed by atoms with Gasteiger partial charge in [0.2, 0.25) is 0 Å². The monoisotopic (exact) mass is 324 g/mol. The Morgan fingerprint density at radius 2 is 1.96 bits per heavy atom. The van der Waals surface area contributed by atoms with E-state index in [0.717, 1.165) is 11.3 Å². The molecule has 2 atom stereocenters. The van der Waals surface area contributed by atoms with Crippen LogP contribution in [0.3, 0.4) is 0 Å². The van der Waals surface area contributed by atoms with Crippen molar-refractivity contribution in [1.82, 2.24) is 0 Å². The highest BCUT2D eigenvalue weighted by molar-refractivity contribution is 5.93. The smallest absolute Gasteiger partial charge is 0.282 e. The molecule has 5 heteroatoms. The summed E-state index contributed by atoms with van der Waals surface area (Å²) < 4.78 is 5.38. The summed E-state index contributed by atoms with van der Waals surface area (Å²) in [4.78, 5) is 12.4. The third kappa shape index (κ3) is 4.34. The van der Waals surface area contributed by atoms with Gasteiger partial charge in [-0.3, -0.25) is 4.79 Å². The van der Waals surface area contributed by atoms with Crippen LogP contribution in [0.25, 0.3) is 0 Å². The van der Waals surface area contributed by atoms with E-state index in [-0.39, 0.29) is 18.0 Å². The zero-order valence-corrected chi connectivity index (χ0v) is 14.1. The Hall–Kier alpha value is -2.84. The number of ether oxygens (including phenoxy) is 1. The van der Waals surface area contributed by atoms with Crippen molar-refractivity contribution in [3.63, 3.8) is 0 Å². The Bertz CT molecular complexity index is 752. The quantitative estimate of drug-likeness (QED) is 0.855. The van der Waals surface area contributed by atoms with Gasteiger partial charge in [-0.05, 0) is 44.2 Å². The first-order valence-corrected chi connectivity index (χ1v) is 7.84. The van der Waals surface area contributed by atoms with Crippen molar-refractivity contribution >= 4 is 11.6 Å². The van der Waals surface area contributed by atoms with Gasteiger partial charge in [-0.25, -0.2) is 0 Å². The second kappa shape index (κ2) is 8.14. The molecular formula is C19H22N3O2+. The van der Waals surface area contributed by atoms with Crippen molar-refractivity contribution in [3.05, 3.63) is 59.7 Å². The van der Waals surface area contributed by atoms with Crippen LogP contribution in [-0.2, 0) is 4.79 Å². The first kappa shape index (κ1) is 17.5. The highest BCUT2D eigenvalue weighted by Gasteiger charge is 2.22. The molecule has 0 saturated heterocycles. The molecule has 0 aromatic heterocycles. The highest BCUT2D eigenvalue weighted by Crippen LogP contribution is 2.22. The fourth-order valence-electron chi connectivity index (χ4n) is 2.59. The average molecular weight is 324 g/mol. The Kier molecular flexibility index (Phi) is 5.94. The highest BCUT2D eigenvalue weighted by atomic mass is 16.5. The Balaban J connectivity index is 2.01. The maximum Gasteiger partial charge on any atom is 0.282 e. The molecule has 0 aliphatic rings. The number of nitrogens with zero attached hydrogens (tertiary/aromatic N) is 1. The number of anilines is 1. The number of carbonyl (C=O) groups is 1. The van der Waals surface area contributed by atoms with Crippen molar-refractivity contribution in [1.29, 1.82) is 5.26 Å². The third-order valence-corrected chi connectivity index (χ3v) is 3.88. The molecule has 0 spiro atoms. The van der Waals surface area contributed by atoms with Crippen LogP contribution in [0.2, 0.25) is 0 Å². The number of carbonyl (C=O) groups excluding carboxylic acids is 1. The molecule has 0 aliphatic carbocycles. The van der Waals surface area contributed by atoms with E-state index in [9.17, 15) is 4.79 Å². The minimum absolute atomic E-state index is 0.0762. The van der Waals surface area contributed by atoms with E-state index >= 15 is 0 Å². The van der Waals surface area contributed by atoms with Gasteiger partial charge in [-0.2, -0.15) is 5.26 Å². The van der Waals surface area contributed by atoms with Gasteiger partial charge >= 0.3 is 0 Å². The van der Waals surface area contributed by atoms with E-state index < -0.39 is 0 Å². The minimum Gasteiger partial charge on any atom is -0.496 e. The number of nitrogens with one attached hydrogen (secondary N) is 1. The predicted molar refractivity (Wildman–Crippen MR) is 92.6 cm³/mol. The Labute approximate surface area is 142 Å². The summed E-state index contributed by atoms with van der Waals surface area (Å²) in [7, 11) is 1.64. The lowest BCUT2D eigenvalue weighted by Crippen LogP contribution is -2.91. The van der Waals surface area contributed by atoms with Crippen LogP contribution in [0.15, 0.2) is 48.5 Å². The number of benzene rings is 2. The fraction of sp³-hybridized carbons (Fsp3) is 0.263. The Morgan fingerprint density at radius 1 is 1.21 bits per heavy atom. The summed E-state index contributed by atoms with van der Waals surface area (Å²) in [6, 6.07) is 16.5. The van der Waals surface area contributed by atoms with Crippen molar-refractivity contribution in [2.24, 2.45) is 0 Å². The number of quaternary nitrogens is 1. The summed E-state index contributed by atoms with van der Waals surface area (Å²) in [5.74, 6) is 0.711. The van der Waals surface area contributed by atoms with Crippen LogP contribution >= 0.6 is 0 Å². The molecule has 24 heavy (non-hydrogen) atoms. The molecule has 3 N–H and O–H groups in total. The SMILES string of the molecule is COc1ccccc1[C@@H](C)[NH2+][C@H](C)C(=O)Nc1cccc(C#N)c1. The van der Waals surface area contributed by atoms with Crippen LogP contribution in [0, 0.1) is 11.3 Å². The number of nitrogens with two attached hydrogens (primary N) is 1. The number of para-hydroxylation sites is 1. The predicted octanol–water partition coefficient (Wildman–Crippen LogP) is 2.22. The lowest BCUT2D eigenvalue weighted by Gasteiger charge is -2.18. The molecule has 5 nitrogen and oxygen atoms in total. The fourth-order valence-corrected chi connectivity index (χ4v) is 2.59. The van der Waals surface area contributed by atoms with E-state index in [0.29, 0.717) is 11.3 Å². The number of nitriles is 1. The van der Waals surface area contributed by atoms with Gasteiger partial charge < -0.3 is 15.4 Å². The molecule has 0 saturated carbocycles. The number of hydrogen-bond donors (Lipinski definition) is 2. The summed E-state index contributed by atoms with van der Waals surface area (Å²) in [6.07, 6.45) is 0. The normalized spacial score (nSPS) is 12.8. The molecule has 0 radical (unpaired) electrons. The molecule has 2 rings (SSSR count). The number of rotatable bonds is 6. The second-order valence-electron chi connectivity index (χ2n) is 5.69. The zero-order valence-electron chi connectivity index (χ0n) is 14.1. The zero-order chi connectivity index (χ0) is 17.5. The van der Waals surface area contributed by atoms with Crippen molar-refractivity contribution < 1.29 is 14.8 Å². The Morgan fingerprint density at radius 3 is 2.67 bits per heavy atom. The maximum atomic E-state index is 12.4. The van der Waals surface area contributed by atoms with Gasteiger partial charge in [-0.15, -0.1) is 0 Å². The largest absolute Gasteiger partial charge is 0.496 e. The van der Waals surface area contributed by atoms with Gasteiger partial charge in [0, 0.05) is 5.69 Å². The van der Waals surface area contributed by atoms with Crippen molar-refractivity contribution in [2.45, 2.75) is 25.9 Å². The van der Waals surface area contributed by atoms with Crippen molar-refractivity contribution in [2.75, 3.05) is 12.4 Å². The minimum atomic E-state index is -0.282. The topological polar surface area (TPSA) is 78.7 Å². The van der Waals surface area contributed by atoms with Gasteiger partial charge in [0.25, 0.3) is 5.91 Å². The molecule has 0 bridgehead atoms. The van der Waals surface area contributed by atoms with E-state index in [2.05, 4.69) is 11.4 Å². The first-order chi connectivity index (χ1) is 11.5. The van der Waals surface area contributed by atoms with Gasteiger partial charge in [0.05, 0.1) is 24.3 Å². The molecule has 0 unspecified atom stereocenters. The average Bonchev–Trinajstić information content (AvgIpc) is 2.61. The molecule has 124 valence electrons. The summed E-state index contributed by atoms with van der Waals surface area (Å²) in [5, 5.41) is 13.8. The lowest BCUT2D eigenvalue weighted by molar-refractivity contribution is -0.709. The molecule has 1 amide bonds. The molecule has 0 heterocycles. The van der Waals surface area contributed by atoms with E-state index in [4.69, 9.17) is 10.00 Å². The van der Waals surface area contributed by atoms with Crippen LogP contribution in [0.1, 0.15) is 31.0 Å². The summed E-state index contributed by atoms with van der Waals surface area (Å²) >= 11 is 0. The number of hydrogen-bond acceptors (Lipinski definition) is 3. The second-order valence-corrected chi connectivity index (χ2v) is 5.69. The molecule has 2 aromatic rings. The standard InChI is InChI=1S/C19H21N3O2/c1-13(17-9-4-5-10-18(17)24-3)21-14(2)19(23)22-16-8-6-7-15(11-16)12-20/h4-11,13-14,21H,1-3H3,(H,22,23)/p+1/t13-,14-/m1/s1. The molecule has 2 aromatic carbocycles. The van der Waals surface area contributed by atoms with Gasteiger partial charge in [0.15, 0.2) is 6.04 Å². The van der Waals surface area contributed by atoms with Crippen LogP contribution in [0.5, 0.6) is 5.75 Å². The summed E-state index contributed by atoms with van der Waals surface area (Å²) in [6.45, 7) is 3.90. The number of methoxy groups -OCH3 is 1. The number of amides is 1. The van der Waals surface area contributed by atoms with E-state index in [1.54, 1.807) is 31.4 Å². The van der Waals surface area contributed by atoms with Gasteiger partial charge in [0.1, 0.15) is 11.8 Å². The lowest BCUT2D eigenvalue weighted by atomic mass is 10.1. The van der Waals surface area contributed by atoms with Crippen LogP contribution in [0.4, 0.5) is 5.69 Å². The van der Waals surface area contributed by atoms with E-state index in [1.807, 2.05) is 43.4 Å². The molecule has 0 aliphatic heterocycles. The van der Waals surface area contributed by atoms with Gasteiger partial charge in [-0.1, -0.05) is 18.2 Å². The molecular weight excluding hydrogens is 302 g/mol. The third-order valence-electron chi connectivity index (χ3n) is 3.88.